The molecule has 0 amide bonds. The van der Waals surface area contributed by atoms with Crippen LogP contribution in [-0.4, -0.2) is 6.67 Å². The van der Waals surface area contributed by atoms with Crippen LogP contribution in [0, 0.1) is 108 Å². The van der Waals surface area contributed by atoms with Crippen molar-refractivity contribution in [2.75, 3.05) is 6.67 Å². The number of hydrogen-bond donors (Lipinski definition) is 0. The fourth-order valence-electron chi connectivity index (χ4n) is 6.31. The number of halogens is 11. The van der Waals surface area contributed by atoms with E-state index in [0.29, 0.717) is 43.8 Å². The zero-order chi connectivity index (χ0) is 41.0. The van der Waals surface area contributed by atoms with Crippen molar-refractivity contribution in [1.82, 2.24) is 0 Å². The van der Waals surface area contributed by atoms with Gasteiger partial charge in [0.05, 0.1) is 12.0 Å². The monoisotopic (exact) mass is 780 g/mol. The van der Waals surface area contributed by atoms with Gasteiger partial charge in [0, 0.05) is 28.3 Å². The van der Waals surface area contributed by atoms with Crippen LogP contribution in [-0.2, 0) is 0 Å². The van der Waals surface area contributed by atoms with Crippen molar-refractivity contribution < 1.29 is 48.3 Å². The van der Waals surface area contributed by atoms with E-state index in [2.05, 4.69) is 48.0 Å². The largest absolute Gasteiger partial charge is 0.243 e. The fourth-order valence-corrected chi connectivity index (χ4v) is 6.31. The number of fused-ring (bicyclic) bond motifs is 8. The summed E-state index contributed by atoms with van der Waals surface area (Å²) in [6.07, 6.45) is 0.357. The molecule has 0 fully saturated rings. The quantitative estimate of drug-likeness (QED) is 0.0709. The highest BCUT2D eigenvalue weighted by molar-refractivity contribution is 6.35. The first-order valence-corrected chi connectivity index (χ1v) is 16.6. The van der Waals surface area contributed by atoms with Gasteiger partial charge in [0.15, 0.2) is 34.9 Å². The van der Waals surface area contributed by atoms with Crippen LogP contribution < -0.4 is 0 Å². The molecule has 0 aliphatic heterocycles. The Bertz CT molecular complexity index is 3140. The first-order valence-electron chi connectivity index (χ1n) is 16.6. The van der Waals surface area contributed by atoms with Crippen molar-refractivity contribution in [2.45, 2.75) is 20.3 Å². The third-order valence-corrected chi connectivity index (χ3v) is 9.41. The van der Waals surface area contributed by atoms with Crippen LogP contribution in [0.5, 0.6) is 0 Å². The van der Waals surface area contributed by atoms with E-state index in [1.54, 1.807) is 18.2 Å². The smallest absolute Gasteiger partial charge is 0.200 e. The predicted octanol–water partition coefficient (Wildman–Crippen LogP) is 12.1. The molecule has 7 aromatic rings. The molecule has 57 heavy (non-hydrogen) atoms. The maximum Gasteiger partial charge on any atom is 0.200 e. The van der Waals surface area contributed by atoms with Crippen LogP contribution in [0.3, 0.4) is 0 Å². The molecule has 0 saturated heterocycles. The molecule has 11 heteroatoms. The molecule has 0 spiro atoms. The minimum atomic E-state index is -2.36. The van der Waals surface area contributed by atoms with E-state index in [-0.39, 0.29) is 39.8 Å². The molecule has 0 aliphatic carbocycles. The van der Waals surface area contributed by atoms with Crippen molar-refractivity contribution in [3.63, 3.8) is 0 Å². The molecule has 0 bridgehead atoms. The Balaban J connectivity index is 1.41. The second kappa shape index (κ2) is 14.6. The molecule has 7 rings (SSSR count). The van der Waals surface area contributed by atoms with Gasteiger partial charge in [-0.3, -0.25) is 0 Å². The average molecular weight is 781 g/mol. The molecule has 0 aromatic heterocycles. The van der Waals surface area contributed by atoms with E-state index in [4.69, 9.17) is 0 Å². The molecular weight excluding hydrogens is 761 g/mol. The van der Waals surface area contributed by atoms with E-state index in [1.165, 1.54) is 26.0 Å². The van der Waals surface area contributed by atoms with Crippen molar-refractivity contribution in [1.29, 1.82) is 0 Å². The van der Waals surface area contributed by atoms with E-state index >= 15 is 4.39 Å². The molecule has 0 nitrogen and oxygen atoms in total. The molecule has 0 radical (unpaired) electrons. The number of rotatable bonds is 2. The van der Waals surface area contributed by atoms with Gasteiger partial charge in [-0.25, -0.2) is 48.3 Å². The summed E-state index contributed by atoms with van der Waals surface area (Å²) in [6.45, 7) is 4.29. The molecular formula is C46H19F11. The summed E-state index contributed by atoms with van der Waals surface area (Å²) in [5.74, 6) is 3.19. The summed E-state index contributed by atoms with van der Waals surface area (Å²) >= 11 is 0. The number of hydrogen-bond acceptors (Lipinski definition) is 0. The molecule has 0 unspecified atom stereocenters. The Labute approximate surface area is 317 Å². The molecule has 0 atom stereocenters. The highest BCUT2D eigenvalue weighted by atomic mass is 19.2. The summed E-state index contributed by atoms with van der Waals surface area (Å²) in [5, 5.41) is 5.31. The lowest BCUT2D eigenvalue weighted by Gasteiger charge is -2.19. The van der Waals surface area contributed by atoms with Gasteiger partial charge in [-0.15, -0.1) is 0 Å². The Hall–Kier alpha value is -6.95. The molecule has 0 saturated carbocycles. The van der Waals surface area contributed by atoms with Gasteiger partial charge in [0.1, 0.15) is 29.7 Å². The Morgan fingerprint density at radius 1 is 0.491 bits per heavy atom. The second-order valence-corrected chi connectivity index (χ2v) is 12.8. The summed E-state index contributed by atoms with van der Waals surface area (Å²) < 4.78 is 154. The summed E-state index contributed by atoms with van der Waals surface area (Å²) in [7, 11) is 0. The molecule has 0 N–H and O–H groups in total. The Kier molecular flexibility index (Phi) is 9.82. The number of allylic oxidation sites excluding steroid dienone is 3. The van der Waals surface area contributed by atoms with E-state index in [0.717, 1.165) is 5.39 Å². The van der Waals surface area contributed by atoms with Crippen LogP contribution in [0.1, 0.15) is 50.9 Å². The second-order valence-electron chi connectivity index (χ2n) is 12.8. The van der Waals surface area contributed by atoms with Crippen LogP contribution in [0.2, 0.25) is 0 Å². The maximum absolute atomic E-state index is 15.0. The average Bonchev–Trinajstić information content (AvgIpc) is 3.19. The SMILES string of the molecule is C=C(F)CC#Cc1cc2c(cc1C#Cc1c(F)c(C)c(C)c(F)c1F)c1cc3c4cc(C#Cc5c(F)c(F)c(F)c(F)c5F)c(C#C/C=C(\F)CF)cc4c3cc21. The van der Waals surface area contributed by atoms with E-state index in [1.807, 2.05) is 12.0 Å². The summed E-state index contributed by atoms with van der Waals surface area (Å²) in [4.78, 5) is 0. The lowest BCUT2D eigenvalue weighted by molar-refractivity contribution is 0.376. The van der Waals surface area contributed by atoms with Gasteiger partial charge in [0.2, 0.25) is 5.82 Å². The molecule has 0 aliphatic rings. The molecule has 0 heterocycles. The van der Waals surface area contributed by atoms with Gasteiger partial charge in [-0.1, -0.05) is 53.9 Å². The molecule has 7 aromatic carbocycles. The first-order chi connectivity index (χ1) is 27.1. The Morgan fingerprint density at radius 3 is 1.32 bits per heavy atom. The van der Waals surface area contributed by atoms with Crippen molar-refractivity contribution in [3.05, 3.63) is 152 Å². The third kappa shape index (κ3) is 6.52. The lowest BCUT2D eigenvalue weighted by Crippen LogP contribution is -2.04. The maximum atomic E-state index is 15.0. The summed E-state index contributed by atoms with van der Waals surface area (Å²) in [5.41, 5.74) is -1.97. The highest BCUT2D eigenvalue weighted by Gasteiger charge is 2.25. The third-order valence-electron chi connectivity index (χ3n) is 9.41. The molecule has 280 valence electrons. The number of alkyl halides is 1. The first kappa shape index (κ1) is 38.3. The van der Waals surface area contributed by atoms with Crippen molar-refractivity contribution in [2.24, 2.45) is 0 Å². The Morgan fingerprint density at radius 2 is 0.860 bits per heavy atom. The van der Waals surface area contributed by atoms with Crippen molar-refractivity contribution in [3.8, 4) is 47.4 Å². The van der Waals surface area contributed by atoms with Gasteiger partial charge in [-0.2, -0.15) is 0 Å². The fraction of sp³-hybridized carbons (Fsp3) is 0.0870. The van der Waals surface area contributed by atoms with Gasteiger partial charge < -0.3 is 0 Å². The normalized spacial score (nSPS) is 11.4. The summed E-state index contributed by atoms with van der Waals surface area (Å²) in [6, 6.07) is 9.90. The minimum Gasteiger partial charge on any atom is -0.243 e. The number of benzene rings is 5. The predicted molar refractivity (Wildman–Crippen MR) is 197 cm³/mol. The zero-order valence-corrected chi connectivity index (χ0v) is 29.3. The van der Waals surface area contributed by atoms with Crippen LogP contribution in [0.4, 0.5) is 48.3 Å². The highest BCUT2D eigenvalue weighted by Crippen LogP contribution is 2.45. The van der Waals surface area contributed by atoms with Crippen LogP contribution in [0.25, 0.3) is 43.1 Å². The van der Waals surface area contributed by atoms with Crippen LogP contribution in [0.15, 0.2) is 60.7 Å². The standard InChI is InChI=1S/C46H19F11/c1-21(48)6-4-7-24-14-31-33(16-26(24)10-12-29-39(50)22(2)23(3)40(51)41(29)52)37-19-38-34-17-27(11-13-30-42(53)44(55)46(57)45(56)43(30)54)25(8-5-9-28(49)20-47)15-32(34)36(38)18-35(31)37/h9,14-19H,1,6,20H2,2-3H3/b28-9-. The van der Waals surface area contributed by atoms with E-state index < -0.39 is 76.0 Å². The van der Waals surface area contributed by atoms with Gasteiger partial charge in [0.25, 0.3) is 0 Å². The van der Waals surface area contributed by atoms with Gasteiger partial charge >= 0.3 is 0 Å². The zero-order valence-electron chi connectivity index (χ0n) is 29.3. The van der Waals surface area contributed by atoms with Crippen molar-refractivity contribution >= 4 is 43.1 Å². The van der Waals surface area contributed by atoms with E-state index in [9.17, 15) is 43.9 Å². The lowest BCUT2D eigenvalue weighted by atomic mass is 9.83. The van der Waals surface area contributed by atoms with Crippen LogP contribution >= 0.6 is 0 Å². The van der Waals surface area contributed by atoms with Gasteiger partial charge in [-0.05, 0) is 104 Å². The minimum absolute atomic E-state index is 0.0352. The topological polar surface area (TPSA) is 0 Å².